The van der Waals surface area contributed by atoms with Gasteiger partial charge in [0.25, 0.3) is 0 Å². The van der Waals surface area contributed by atoms with Crippen LogP contribution in [0.25, 0.3) is 0 Å². The molecule has 0 atom stereocenters. The number of hydrogen-bond acceptors (Lipinski definition) is 2. The van der Waals surface area contributed by atoms with Crippen LogP contribution in [0.2, 0.25) is 0 Å². The molecule has 0 aliphatic carbocycles. The summed E-state index contributed by atoms with van der Waals surface area (Å²) in [5.41, 5.74) is 1.58. The highest BCUT2D eigenvalue weighted by Gasteiger charge is 2.30. The van der Waals surface area contributed by atoms with Crippen LogP contribution in [0.4, 0.5) is 18.9 Å². The minimum Gasteiger partial charge on any atom is -0.325 e. The van der Waals surface area contributed by atoms with E-state index in [9.17, 15) is 18.0 Å². The fourth-order valence-corrected chi connectivity index (χ4v) is 2.86. The van der Waals surface area contributed by atoms with Gasteiger partial charge in [-0.05, 0) is 35.4 Å². The van der Waals surface area contributed by atoms with Crippen LogP contribution in [0.1, 0.15) is 22.7 Å². The van der Waals surface area contributed by atoms with Crippen LogP contribution in [0, 0.1) is 0 Å². The molecule has 0 fully saturated rings. The second-order valence-corrected chi connectivity index (χ2v) is 6.26. The molecule has 6 heteroatoms. The number of benzene rings is 3. The molecule has 28 heavy (non-hydrogen) atoms. The van der Waals surface area contributed by atoms with Crippen LogP contribution >= 0.6 is 0 Å². The molecule has 144 valence electrons. The Hall–Kier alpha value is -3.12. The number of anilines is 1. The van der Waals surface area contributed by atoms with Gasteiger partial charge >= 0.3 is 6.18 Å². The monoisotopic (exact) mass is 384 g/mol. The zero-order valence-electron chi connectivity index (χ0n) is 14.9. The molecule has 0 bridgehead atoms. The van der Waals surface area contributed by atoms with E-state index in [2.05, 4.69) is 10.6 Å². The van der Waals surface area contributed by atoms with Crippen LogP contribution < -0.4 is 10.6 Å². The van der Waals surface area contributed by atoms with E-state index in [1.807, 2.05) is 60.7 Å². The number of alkyl halides is 3. The summed E-state index contributed by atoms with van der Waals surface area (Å²) in [7, 11) is 0. The van der Waals surface area contributed by atoms with Gasteiger partial charge in [-0.25, -0.2) is 0 Å². The van der Waals surface area contributed by atoms with E-state index >= 15 is 0 Å². The molecule has 3 rings (SSSR count). The topological polar surface area (TPSA) is 41.1 Å². The number of carbonyl (C=O) groups excluding carboxylic acids is 1. The van der Waals surface area contributed by atoms with Crippen molar-refractivity contribution in [3.63, 3.8) is 0 Å². The Morgan fingerprint density at radius 3 is 1.75 bits per heavy atom. The Labute approximate surface area is 161 Å². The van der Waals surface area contributed by atoms with E-state index in [1.54, 1.807) is 0 Å². The molecular weight excluding hydrogens is 365 g/mol. The van der Waals surface area contributed by atoms with Gasteiger partial charge in [0.2, 0.25) is 5.91 Å². The SMILES string of the molecule is O=C(CNC(c1ccccc1)c1ccccc1)Nc1ccc(C(F)(F)F)cc1. The summed E-state index contributed by atoms with van der Waals surface area (Å²) in [6.45, 7) is 0.00940. The normalized spacial score (nSPS) is 11.4. The first kappa shape index (κ1) is 19.6. The van der Waals surface area contributed by atoms with Gasteiger partial charge in [0, 0.05) is 5.69 Å². The van der Waals surface area contributed by atoms with Gasteiger partial charge in [-0.1, -0.05) is 60.7 Å². The predicted molar refractivity (Wildman–Crippen MR) is 103 cm³/mol. The highest BCUT2D eigenvalue weighted by Crippen LogP contribution is 2.29. The molecular formula is C22H19F3N2O. The van der Waals surface area contributed by atoms with Crippen molar-refractivity contribution in [1.82, 2.24) is 5.32 Å². The minimum absolute atomic E-state index is 0.00940. The maximum atomic E-state index is 12.6. The Bertz CT molecular complexity index is 855. The molecule has 0 saturated heterocycles. The fraction of sp³-hybridized carbons (Fsp3) is 0.136. The minimum atomic E-state index is -4.40. The van der Waals surface area contributed by atoms with Crippen molar-refractivity contribution in [3.05, 3.63) is 102 Å². The fourth-order valence-electron chi connectivity index (χ4n) is 2.86. The van der Waals surface area contributed by atoms with Crippen LogP contribution in [0.3, 0.4) is 0 Å². The van der Waals surface area contributed by atoms with E-state index in [-0.39, 0.29) is 18.5 Å². The van der Waals surface area contributed by atoms with E-state index in [0.29, 0.717) is 5.69 Å². The summed E-state index contributed by atoms with van der Waals surface area (Å²) in [4.78, 5) is 12.3. The zero-order valence-corrected chi connectivity index (χ0v) is 14.9. The van der Waals surface area contributed by atoms with Gasteiger partial charge in [0.1, 0.15) is 0 Å². The summed E-state index contributed by atoms with van der Waals surface area (Å²) in [5.74, 6) is -0.336. The third-order valence-electron chi connectivity index (χ3n) is 4.23. The first-order valence-corrected chi connectivity index (χ1v) is 8.74. The number of hydrogen-bond donors (Lipinski definition) is 2. The lowest BCUT2D eigenvalue weighted by Crippen LogP contribution is -2.31. The van der Waals surface area contributed by atoms with Crippen molar-refractivity contribution >= 4 is 11.6 Å². The highest BCUT2D eigenvalue weighted by molar-refractivity contribution is 5.92. The Balaban J connectivity index is 1.65. The average Bonchev–Trinajstić information content (AvgIpc) is 2.69. The summed E-state index contributed by atoms with van der Waals surface area (Å²) in [6.07, 6.45) is -4.40. The molecule has 0 radical (unpaired) electrons. The Morgan fingerprint density at radius 2 is 1.29 bits per heavy atom. The molecule has 3 nitrogen and oxygen atoms in total. The summed E-state index contributed by atoms with van der Waals surface area (Å²) in [6, 6.07) is 23.6. The molecule has 0 aliphatic rings. The largest absolute Gasteiger partial charge is 0.416 e. The standard InChI is InChI=1S/C22H19F3N2O/c23-22(24,25)18-11-13-19(14-12-18)27-20(28)15-26-21(16-7-3-1-4-8-16)17-9-5-2-6-10-17/h1-14,21,26H,15H2,(H,27,28). The Morgan fingerprint density at radius 1 is 0.786 bits per heavy atom. The van der Waals surface area contributed by atoms with Crippen molar-refractivity contribution in [2.24, 2.45) is 0 Å². The molecule has 0 heterocycles. The molecule has 0 unspecified atom stereocenters. The second kappa shape index (κ2) is 8.71. The number of amides is 1. The van der Waals surface area contributed by atoms with Crippen molar-refractivity contribution in [2.75, 3.05) is 11.9 Å². The quantitative estimate of drug-likeness (QED) is 0.626. The summed E-state index contributed by atoms with van der Waals surface area (Å²) >= 11 is 0. The number of nitrogens with one attached hydrogen (secondary N) is 2. The third-order valence-corrected chi connectivity index (χ3v) is 4.23. The smallest absolute Gasteiger partial charge is 0.325 e. The van der Waals surface area contributed by atoms with Gasteiger partial charge < -0.3 is 5.32 Å². The number of carbonyl (C=O) groups is 1. The van der Waals surface area contributed by atoms with Gasteiger partial charge in [-0.2, -0.15) is 13.2 Å². The second-order valence-electron chi connectivity index (χ2n) is 6.26. The van der Waals surface area contributed by atoms with Crippen molar-refractivity contribution in [3.8, 4) is 0 Å². The molecule has 0 aromatic heterocycles. The maximum Gasteiger partial charge on any atom is 0.416 e. The number of halogens is 3. The molecule has 0 spiro atoms. The summed E-state index contributed by atoms with van der Waals surface area (Å²) in [5, 5.41) is 5.83. The molecule has 0 saturated carbocycles. The van der Waals surface area contributed by atoms with Crippen molar-refractivity contribution < 1.29 is 18.0 Å². The molecule has 1 amide bonds. The first-order valence-electron chi connectivity index (χ1n) is 8.74. The van der Waals surface area contributed by atoms with Crippen molar-refractivity contribution in [2.45, 2.75) is 12.2 Å². The van der Waals surface area contributed by atoms with Gasteiger partial charge in [-0.3, -0.25) is 10.1 Å². The van der Waals surface area contributed by atoms with Gasteiger partial charge in [-0.15, -0.1) is 0 Å². The van der Waals surface area contributed by atoms with Gasteiger partial charge in [0.05, 0.1) is 18.2 Å². The van der Waals surface area contributed by atoms with E-state index < -0.39 is 11.7 Å². The van der Waals surface area contributed by atoms with Crippen molar-refractivity contribution in [1.29, 1.82) is 0 Å². The van der Waals surface area contributed by atoms with Crippen LogP contribution in [0.5, 0.6) is 0 Å². The van der Waals surface area contributed by atoms with E-state index in [1.165, 1.54) is 12.1 Å². The lowest BCUT2D eigenvalue weighted by atomic mass is 9.99. The van der Waals surface area contributed by atoms with E-state index in [0.717, 1.165) is 23.3 Å². The first-order chi connectivity index (χ1) is 13.4. The third kappa shape index (κ3) is 5.20. The van der Waals surface area contributed by atoms with E-state index in [4.69, 9.17) is 0 Å². The molecule has 0 aliphatic heterocycles. The summed E-state index contributed by atoms with van der Waals surface area (Å²) < 4.78 is 37.9. The molecule has 3 aromatic rings. The average molecular weight is 384 g/mol. The van der Waals surface area contributed by atoms with Crippen LogP contribution in [-0.2, 0) is 11.0 Å². The lowest BCUT2D eigenvalue weighted by molar-refractivity contribution is -0.137. The zero-order chi connectivity index (χ0) is 20.0. The predicted octanol–water partition coefficient (Wildman–Crippen LogP) is 5.02. The maximum absolute atomic E-state index is 12.6. The van der Waals surface area contributed by atoms with Crippen LogP contribution in [0.15, 0.2) is 84.9 Å². The molecule has 2 N–H and O–H groups in total. The lowest BCUT2D eigenvalue weighted by Gasteiger charge is -2.19. The van der Waals surface area contributed by atoms with Crippen LogP contribution in [-0.4, -0.2) is 12.5 Å². The number of rotatable bonds is 6. The molecule has 3 aromatic carbocycles. The Kier molecular flexibility index (Phi) is 6.11. The highest BCUT2D eigenvalue weighted by atomic mass is 19.4. The van der Waals surface area contributed by atoms with Gasteiger partial charge in [0.15, 0.2) is 0 Å².